The monoisotopic (exact) mass is 642 g/mol. The van der Waals surface area contributed by atoms with Gasteiger partial charge in [-0.2, -0.15) is 0 Å². The third-order valence-electron chi connectivity index (χ3n) is 7.42. The van der Waals surface area contributed by atoms with E-state index in [9.17, 15) is 19.4 Å². The Balaban J connectivity index is 4.43. The zero-order valence-corrected chi connectivity index (χ0v) is 29.0. The molecular weight excluding hydrogens is 575 g/mol. The first-order chi connectivity index (χ1) is 21.4. The van der Waals surface area contributed by atoms with E-state index >= 15 is 0 Å². The maximum Gasteiger partial charge on any atom is 0.472 e. The number of allylic oxidation sites excluding steroid dienone is 5. The van der Waals surface area contributed by atoms with Crippen LogP contribution in [-0.2, 0) is 18.4 Å². The Morgan fingerprint density at radius 1 is 0.727 bits per heavy atom. The largest absolute Gasteiger partial charge is 0.472 e. The highest BCUT2D eigenvalue weighted by molar-refractivity contribution is 7.47. The molecule has 0 rings (SSSR count). The van der Waals surface area contributed by atoms with Crippen molar-refractivity contribution in [2.75, 3.05) is 19.8 Å². The number of carbonyl (C=O) groups is 1. The summed E-state index contributed by atoms with van der Waals surface area (Å²) in [6.45, 7) is 4.01. The van der Waals surface area contributed by atoms with Gasteiger partial charge in [0.05, 0.1) is 25.4 Å². The van der Waals surface area contributed by atoms with Crippen molar-refractivity contribution < 1.29 is 28.4 Å². The molecule has 0 aliphatic heterocycles. The Labute approximate surface area is 269 Å². The molecule has 0 aromatic carbocycles. The lowest BCUT2D eigenvalue weighted by molar-refractivity contribution is -0.123. The van der Waals surface area contributed by atoms with E-state index in [1.165, 1.54) is 64.2 Å². The van der Waals surface area contributed by atoms with Crippen molar-refractivity contribution in [2.45, 2.75) is 161 Å². The lowest BCUT2D eigenvalue weighted by atomic mass is 10.1. The second-order valence-corrected chi connectivity index (χ2v) is 13.2. The van der Waals surface area contributed by atoms with Gasteiger partial charge in [0, 0.05) is 13.0 Å². The van der Waals surface area contributed by atoms with Crippen LogP contribution in [0.2, 0.25) is 0 Å². The molecule has 0 radical (unpaired) electrons. The Morgan fingerprint density at radius 3 is 1.84 bits per heavy atom. The molecule has 0 bridgehead atoms. The molecule has 44 heavy (non-hydrogen) atoms. The van der Waals surface area contributed by atoms with Crippen molar-refractivity contribution in [1.29, 1.82) is 0 Å². The molecule has 0 aromatic rings. The summed E-state index contributed by atoms with van der Waals surface area (Å²) in [5.74, 6) is -0.219. The summed E-state index contributed by atoms with van der Waals surface area (Å²) in [4.78, 5) is 22.5. The van der Waals surface area contributed by atoms with Crippen molar-refractivity contribution >= 4 is 13.7 Å². The Hall–Kier alpha value is -1.28. The molecule has 0 saturated heterocycles. The van der Waals surface area contributed by atoms with Crippen LogP contribution in [0.15, 0.2) is 36.5 Å². The van der Waals surface area contributed by atoms with Gasteiger partial charge in [0.15, 0.2) is 0 Å². The van der Waals surface area contributed by atoms with Gasteiger partial charge in [-0.15, -0.1) is 0 Å². The molecule has 0 fully saturated rings. The van der Waals surface area contributed by atoms with E-state index in [0.717, 1.165) is 64.2 Å². The fourth-order valence-corrected chi connectivity index (χ4v) is 5.50. The minimum Gasteiger partial charge on any atom is -0.387 e. The standard InChI is InChI=1S/C35H67N2O6P/c1-3-5-7-9-11-13-15-16-17-18-19-20-22-24-26-28-34(38)33(32-43-44(40,41)42-31-30-36)37-35(39)29-27-25-23-21-14-12-10-8-6-4-2/h8,10,19-20,26,28,33-34,38H,3-7,9,11-18,21-25,27,29-32,36H2,1-2H3,(H,37,39)(H,40,41)/b10-8-,20-19+,28-26+. The van der Waals surface area contributed by atoms with Gasteiger partial charge in [-0.1, -0.05) is 127 Å². The molecule has 0 aromatic heterocycles. The van der Waals surface area contributed by atoms with E-state index in [1.54, 1.807) is 6.08 Å². The molecule has 258 valence electrons. The topological polar surface area (TPSA) is 131 Å². The SMILES string of the molecule is CCC/C=C\CCCCCCCC(=O)NC(COP(=O)(O)OCCN)C(O)/C=C/CC/C=C/CCCCCCCCCCC. The maximum absolute atomic E-state index is 12.6. The minimum atomic E-state index is -4.34. The summed E-state index contributed by atoms with van der Waals surface area (Å²) in [5.41, 5.74) is 5.34. The molecule has 0 aliphatic carbocycles. The predicted molar refractivity (Wildman–Crippen MR) is 184 cm³/mol. The normalized spacial score (nSPS) is 14.9. The van der Waals surface area contributed by atoms with Crippen LogP contribution in [0.4, 0.5) is 0 Å². The quantitative estimate of drug-likeness (QED) is 0.0328. The number of aliphatic hydroxyl groups excluding tert-OH is 1. The third-order valence-corrected chi connectivity index (χ3v) is 8.40. The van der Waals surface area contributed by atoms with Crippen molar-refractivity contribution in [3.63, 3.8) is 0 Å². The van der Waals surface area contributed by atoms with E-state index in [2.05, 4.69) is 43.5 Å². The van der Waals surface area contributed by atoms with Gasteiger partial charge in [0.25, 0.3) is 0 Å². The highest BCUT2D eigenvalue weighted by Crippen LogP contribution is 2.43. The van der Waals surface area contributed by atoms with Gasteiger partial charge in [-0.3, -0.25) is 13.8 Å². The Morgan fingerprint density at radius 2 is 1.25 bits per heavy atom. The van der Waals surface area contributed by atoms with Crippen molar-refractivity contribution in [3.05, 3.63) is 36.5 Å². The van der Waals surface area contributed by atoms with Gasteiger partial charge in [-0.05, 0) is 51.4 Å². The van der Waals surface area contributed by atoms with Crippen molar-refractivity contribution in [2.24, 2.45) is 5.73 Å². The summed E-state index contributed by atoms with van der Waals surface area (Å²) in [5, 5.41) is 13.5. The summed E-state index contributed by atoms with van der Waals surface area (Å²) in [6.07, 6.45) is 34.8. The number of amides is 1. The van der Waals surface area contributed by atoms with E-state index in [4.69, 9.17) is 14.8 Å². The smallest absolute Gasteiger partial charge is 0.387 e. The summed E-state index contributed by atoms with van der Waals surface area (Å²) < 4.78 is 21.9. The maximum atomic E-state index is 12.6. The van der Waals surface area contributed by atoms with Crippen LogP contribution in [0.3, 0.4) is 0 Å². The van der Waals surface area contributed by atoms with Gasteiger partial charge in [0.2, 0.25) is 5.91 Å². The molecule has 0 aliphatic rings. The molecular formula is C35H67N2O6P. The van der Waals surface area contributed by atoms with Gasteiger partial charge >= 0.3 is 7.82 Å². The summed E-state index contributed by atoms with van der Waals surface area (Å²) >= 11 is 0. The van der Waals surface area contributed by atoms with Crippen LogP contribution in [0.25, 0.3) is 0 Å². The second kappa shape index (κ2) is 31.7. The number of rotatable bonds is 32. The van der Waals surface area contributed by atoms with E-state index in [0.29, 0.717) is 6.42 Å². The summed E-state index contributed by atoms with van der Waals surface area (Å²) in [6, 6.07) is -0.877. The molecule has 5 N–H and O–H groups in total. The predicted octanol–water partition coefficient (Wildman–Crippen LogP) is 8.82. The third kappa shape index (κ3) is 29.4. The number of hydrogen-bond donors (Lipinski definition) is 4. The molecule has 1 amide bonds. The average Bonchev–Trinajstić information content (AvgIpc) is 3.01. The number of carbonyl (C=O) groups excluding carboxylic acids is 1. The first-order valence-corrected chi connectivity index (χ1v) is 19.1. The first-order valence-electron chi connectivity index (χ1n) is 17.6. The van der Waals surface area contributed by atoms with E-state index in [1.807, 2.05) is 6.08 Å². The first kappa shape index (κ1) is 42.7. The minimum absolute atomic E-state index is 0.0721. The zero-order valence-electron chi connectivity index (χ0n) is 28.1. The lowest BCUT2D eigenvalue weighted by Crippen LogP contribution is -2.45. The van der Waals surface area contributed by atoms with Gasteiger partial charge in [-0.25, -0.2) is 4.57 Å². The highest BCUT2D eigenvalue weighted by Gasteiger charge is 2.26. The number of phosphoric acid groups is 1. The Kier molecular flexibility index (Phi) is 30.8. The van der Waals surface area contributed by atoms with Crippen molar-refractivity contribution in [1.82, 2.24) is 5.32 Å². The van der Waals surface area contributed by atoms with Crippen LogP contribution >= 0.6 is 7.82 Å². The number of hydrogen-bond acceptors (Lipinski definition) is 6. The lowest BCUT2D eigenvalue weighted by Gasteiger charge is -2.23. The van der Waals surface area contributed by atoms with Gasteiger partial charge in [0.1, 0.15) is 0 Å². The number of nitrogens with two attached hydrogens (primary N) is 1. The molecule has 0 heterocycles. The number of aliphatic hydroxyl groups is 1. The average molecular weight is 643 g/mol. The molecule has 9 heteroatoms. The molecule has 8 nitrogen and oxygen atoms in total. The fourth-order valence-electron chi connectivity index (χ4n) is 4.74. The highest BCUT2D eigenvalue weighted by atomic mass is 31.2. The second-order valence-electron chi connectivity index (χ2n) is 11.7. The summed E-state index contributed by atoms with van der Waals surface area (Å²) in [7, 11) is -4.34. The van der Waals surface area contributed by atoms with E-state index < -0.39 is 20.0 Å². The Bertz CT molecular complexity index is 789. The van der Waals surface area contributed by atoms with Crippen LogP contribution in [0.5, 0.6) is 0 Å². The molecule has 0 spiro atoms. The van der Waals surface area contributed by atoms with Crippen LogP contribution < -0.4 is 11.1 Å². The van der Waals surface area contributed by atoms with Gasteiger partial charge < -0.3 is 21.1 Å². The van der Waals surface area contributed by atoms with Crippen LogP contribution in [0.1, 0.15) is 149 Å². The van der Waals surface area contributed by atoms with E-state index in [-0.39, 0.29) is 25.7 Å². The molecule has 3 atom stereocenters. The molecule has 0 saturated carbocycles. The molecule has 3 unspecified atom stereocenters. The van der Waals surface area contributed by atoms with Crippen molar-refractivity contribution in [3.8, 4) is 0 Å². The zero-order chi connectivity index (χ0) is 32.6. The number of unbranched alkanes of at least 4 members (excludes halogenated alkanes) is 16. The fraction of sp³-hybridized carbons (Fsp3) is 0.800. The van der Waals surface area contributed by atoms with Crippen LogP contribution in [0, 0.1) is 0 Å². The van der Waals surface area contributed by atoms with Crippen LogP contribution in [-0.4, -0.2) is 47.8 Å². The number of nitrogens with one attached hydrogen (secondary N) is 1. The number of phosphoric ester groups is 1.